The lowest BCUT2D eigenvalue weighted by Crippen LogP contribution is -2.34. The second-order valence-electron chi connectivity index (χ2n) is 5.43. The predicted molar refractivity (Wildman–Crippen MR) is 90.7 cm³/mol. The summed E-state index contributed by atoms with van der Waals surface area (Å²) in [4.78, 5) is 12.2. The summed E-state index contributed by atoms with van der Waals surface area (Å²) in [6.07, 6.45) is 6.39. The smallest absolute Gasteiger partial charge is 0.334 e. The lowest BCUT2D eigenvalue weighted by Gasteiger charge is -2.28. The molecule has 0 heterocycles. The highest BCUT2D eigenvalue weighted by molar-refractivity contribution is 5.89. The zero-order chi connectivity index (χ0) is 17.7. The van der Waals surface area contributed by atoms with E-state index in [1.54, 1.807) is 12.2 Å². The minimum Gasteiger partial charge on any atom is -0.458 e. The maximum absolute atomic E-state index is 12.2. The van der Waals surface area contributed by atoms with Gasteiger partial charge in [-0.15, -0.1) is 13.2 Å². The fourth-order valence-corrected chi connectivity index (χ4v) is 2.09. The standard InChI is InChI=1S/C18H28O5/c1-4-7-15(9-10-18(12-19,13-20)14-21)16(8-5-2)17(22)23-11-6-3/h4-6,19-21H,1-3,7-14H2. The number of allylic oxidation sites excluding steroid dienone is 3. The summed E-state index contributed by atoms with van der Waals surface area (Å²) in [7, 11) is 0. The van der Waals surface area contributed by atoms with Crippen LogP contribution < -0.4 is 0 Å². The molecular weight excluding hydrogens is 296 g/mol. The van der Waals surface area contributed by atoms with Crippen molar-refractivity contribution in [3.05, 3.63) is 49.1 Å². The van der Waals surface area contributed by atoms with Gasteiger partial charge in [0.15, 0.2) is 0 Å². The van der Waals surface area contributed by atoms with E-state index in [0.29, 0.717) is 31.3 Å². The minimum absolute atomic E-state index is 0.120. The van der Waals surface area contributed by atoms with Crippen molar-refractivity contribution < 1.29 is 24.9 Å². The van der Waals surface area contributed by atoms with Crippen molar-refractivity contribution in [2.45, 2.75) is 25.7 Å². The third-order valence-electron chi connectivity index (χ3n) is 3.71. The van der Waals surface area contributed by atoms with Crippen LogP contribution in [0.2, 0.25) is 0 Å². The molecule has 0 amide bonds. The fraction of sp³-hybridized carbons (Fsp3) is 0.500. The van der Waals surface area contributed by atoms with E-state index >= 15 is 0 Å². The van der Waals surface area contributed by atoms with E-state index in [2.05, 4.69) is 19.7 Å². The van der Waals surface area contributed by atoms with E-state index in [1.165, 1.54) is 6.08 Å². The Morgan fingerprint density at radius 2 is 1.52 bits per heavy atom. The van der Waals surface area contributed by atoms with Crippen LogP contribution in [-0.2, 0) is 9.53 Å². The monoisotopic (exact) mass is 324 g/mol. The molecule has 5 nitrogen and oxygen atoms in total. The highest BCUT2D eigenvalue weighted by Gasteiger charge is 2.28. The SMILES string of the molecule is C=CCOC(=O)C(CC=C)=C(CC=C)CCC(CO)(CO)CO. The molecule has 23 heavy (non-hydrogen) atoms. The number of hydrogen-bond acceptors (Lipinski definition) is 5. The normalized spacial score (nSPS) is 12.3. The van der Waals surface area contributed by atoms with E-state index in [4.69, 9.17) is 4.74 Å². The molecule has 0 aliphatic carbocycles. The van der Waals surface area contributed by atoms with E-state index in [0.717, 1.165) is 5.57 Å². The molecule has 0 aliphatic rings. The van der Waals surface area contributed by atoms with Gasteiger partial charge in [-0.25, -0.2) is 4.79 Å². The van der Waals surface area contributed by atoms with Crippen LogP contribution >= 0.6 is 0 Å². The van der Waals surface area contributed by atoms with E-state index in [-0.39, 0.29) is 26.4 Å². The van der Waals surface area contributed by atoms with Crippen molar-refractivity contribution in [2.75, 3.05) is 26.4 Å². The largest absolute Gasteiger partial charge is 0.458 e. The Kier molecular flexibility index (Phi) is 11.0. The van der Waals surface area contributed by atoms with Crippen LogP contribution in [0, 0.1) is 5.41 Å². The van der Waals surface area contributed by atoms with Crippen molar-refractivity contribution in [1.29, 1.82) is 0 Å². The molecule has 0 rings (SSSR count). The van der Waals surface area contributed by atoms with Crippen LogP contribution in [0.15, 0.2) is 49.1 Å². The Hall–Kier alpha value is -1.69. The third-order valence-corrected chi connectivity index (χ3v) is 3.71. The summed E-state index contributed by atoms with van der Waals surface area (Å²) >= 11 is 0. The van der Waals surface area contributed by atoms with E-state index in [9.17, 15) is 20.1 Å². The number of carbonyl (C=O) groups is 1. The molecule has 0 fully saturated rings. The fourth-order valence-electron chi connectivity index (χ4n) is 2.09. The molecule has 0 aromatic heterocycles. The molecule has 5 heteroatoms. The minimum atomic E-state index is -0.975. The molecule has 0 aromatic carbocycles. The van der Waals surface area contributed by atoms with Crippen LogP contribution in [0.3, 0.4) is 0 Å². The molecule has 3 N–H and O–H groups in total. The van der Waals surface area contributed by atoms with Crippen LogP contribution in [0.5, 0.6) is 0 Å². The lowest BCUT2D eigenvalue weighted by molar-refractivity contribution is -0.138. The predicted octanol–water partition coefficient (Wildman–Crippen LogP) is 1.91. The average Bonchev–Trinajstić information content (AvgIpc) is 2.58. The van der Waals surface area contributed by atoms with Gasteiger partial charge in [0.2, 0.25) is 0 Å². The quantitative estimate of drug-likeness (QED) is 0.274. The Labute approximate surface area is 138 Å². The van der Waals surface area contributed by atoms with Gasteiger partial charge < -0.3 is 20.1 Å². The first-order valence-corrected chi connectivity index (χ1v) is 7.57. The van der Waals surface area contributed by atoms with Crippen LogP contribution in [-0.4, -0.2) is 47.7 Å². The molecule has 0 saturated heterocycles. The molecule has 0 aliphatic heterocycles. The Morgan fingerprint density at radius 3 is 1.96 bits per heavy atom. The second kappa shape index (κ2) is 11.8. The molecule has 0 unspecified atom stereocenters. The first kappa shape index (κ1) is 21.3. The van der Waals surface area contributed by atoms with E-state index < -0.39 is 11.4 Å². The Morgan fingerprint density at radius 1 is 0.957 bits per heavy atom. The maximum Gasteiger partial charge on any atom is 0.334 e. The molecule has 0 spiro atoms. The van der Waals surface area contributed by atoms with E-state index in [1.807, 2.05) is 0 Å². The lowest BCUT2D eigenvalue weighted by atomic mass is 9.83. The number of esters is 1. The highest BCUT2D eigenvalue weighted by atomic mass is 16.5. The molecule has 0 radical (unpaired) electrons. The molecule has 130 valence electrons. The Balaban J connectivity index is 5.39. The van der Waals surface area contributed by atoms with Gasteiger partial charge in [-0.1, -0.05) is 30.4 Å². The van der Waals surface area contributed by atoms with Crippen molar-refractivity contribution in [2.24, 2.45) is 5.41 Å². The van der Waals surface area contributed by atoms with Crippen LogP contribution in [0.1, 0.15) is 25.7 Å². The average molecular weight is 324 g/mol. The van der Waals surface area contributed by atoms with Crippen molar-refractivity contribution >= 4 is 5.97 Å². The van der Waals surface area contributed by atoms with Gasteiger partial charge in [0.25, 0.3) is 0 Å². The summed E-state index contributed by atoms with van der Waals surface area (Å²) < 4.78 is 5.10. The van der Waals surface area contributed by atoms with Gasteiger partial charge in [0.05, 0.1) is 19.8 Å². The zero-order valence-electron chi connectivity index (χ0n) is 13.7. The summed E-state index contributed by atoms with van der Waals surface area (Å²) in [5, 5.41) is 28.2. The van der Waals surface area contributed by atoms with Crippen LogP contribution in [0.25, 0.3) is 0 Å². The highest BCUT2D eigenvalue weighted by Crippen LogP contribution is 2.28. The molecule has 0 atom stereocenters. The maximum atomic E-state index is 12.2. The number of rotatable bonds is 13. The van der Waals surface area contributed by atoms with Crippen molar-refractivity contribution in [3.8, 4) is 0 Å². The number of hydrogen-bond donors (Lipinski definition) is 3. The summed E-state index contributed by atoms with van der Waals surface area (Å²) in [6, 6.07) is 0. The second-order valence-corrected chi connectivity index (χ2v) is 5.43. The van der Waals surface area contributed by atoms with Crippen LogP contribution in [0.4, 0.5) is 0 Å². The number of aliphatic hydroxyl groups is 3. The molecular formula is C18H28O5. The van der Waals surface area contributed by atoms with Gasteiger partial charge in [-0.2, -0.15) is 0 Å². The zero-order valence-corrected chi connectivity index (χ0v) is 13.7. The van der Waals surface area contributed by atoms with Gasteiger partial charge in [0.1, 0.15) is 6.61 Å². The number of ether oxygens (including phenoxy) is 1. The third kappa shape index (κ3) is 6.95. The summed E-state index contributed by atoms with van der Waals surface area (Å²) in [5.74, 6) is -0.441. The first-order chi connectivity index (χ1) is 11.0. The molecule has 0 bridgehead atoms. The molecule has 0 aromatic rings. The van der Waals surface area contributed by atoms with Crippen molar-refractivity contribution in [1.82, 2.24) is 0 Å². The van der Waals surface area contributed by atoms with Gasteiger partial charge in [-0.05, 0) is 25.7 Å². The Bertz CT molecular complexity index is 424. The number of carbonyl (C=O) groups excluding carboxylic acids is 1. The summed E-state index contributed by atoms with van der Waals surface area (Å²) in [6.45, 7) is 9.97. The summed E-state index contributed by atoms with van der Waals surface area (Å²) in [5.41, 5.74) is 0.314. The topological polar surface area (TPSA) is 87.0 Å². The van der Waals surface area contributed by atoms with Gasteiger partial charge in [0, 0.05) is 11.0 Å². The molecule has 0 saturated carbocycles. The first-order valence-electron chi connectivity index (χ1n) is 7.57. The van der Waals surface area contributed by atoms with Gasteiger partial charge in [-0.3, -0.25) is 0 Å². The van der Waals surface area contributed by atoms with Gasteiger partial charge >= 0.3 is 5.97 Å². The van der Waals surface area contributed by atoms with Crippen molar-refractivity contribution in [3.63, 3.8) is 0 Å². The number of aliphatic hydroxyl groups excluding tert-OH is 3.